The third-order valence-electron chi connectivity index (χ3n) is 5.50. The minimum absolute atomic E-state index is 0.215. The summed E-state index contributed by atoms with van der Waals surface area (Å²) in [4.78, 5) is 39.3. The van der Waals surface area contributed by atoms with Crippen LogP contribution in [0.5, 0.6) is 5.75 Å². The predicted octanol–water partition coefficient (Wildman–Crippen LogP) is 6.95. The normalized spacial score (nSPS) is 14.7. The Labute approximate surface area is 211 Å². The average Bonchev–Trinajstić information content (AvgIpc) is 3.12. The Morgan fingerprint density at radius 2 is 1.60 bits per heavy atom. The fourth-order valence-electron chi connectivity index (χ4n) is 3.69. The second kappa shape index (κ2) is 9.78. The van der Waals surface area contributed by atoms with Gasteiger partial charge in [-0.2, -0.15) is 0 Å². The molecule has 1 saturated heterocycles. The number of halogens is 1. The van der Waals surface area contributed by atoms with E-state index in [2.05, 4.69) is 0 Å². The van der Waals surface area contributed by atoms with Crippen LogP contribution in [-0.2, 0) is 11.3 Å². The van der Waals surface area contributed by atoms with Crippen molar-refractivity contribution in [1.29, 1.82) is 0 Å². The Hall–Kier alpha value is -3.87. The van der Waals surface area contributed by atoms with E-state index >= 15 is 0 Å². The highest BCUT2D eigenvalue weighted by molar-refractivity contribution is 8.18. The molecule has 7 heteroatoms. The zero-order valence-corrected chi connectivity index (χ0v) is 19.9. The van der Waals surface area contributed by atoms with Crippen molar-refractivity contribution in [2.75, 3.05) is 0 Å². The largest absolute Gasteiger partial charge is 0.423 e. The molecule has 0 spiro atoms. The second-order valence-corrected chi connectivity index (χ2v) is 9.34. The number of hydrogen-bond donors (Lipinski definition) is 0. The number of benzene rings is 4. The number of esters is 1. The molecule has 0 aliphatic carbocycles. The van der Waals surface area contributed by atoms with Crippen LogP contribution in [0.3, 0.4) is 0 Å². The lowest BCUT2D eigenvalue weighted by molar-refractivity contribution is -0.123. The Balaban J connectivity index is 1.27. The fourth-order valence-corrected chi connectivity index (χ4v) is 4.66. The lowest BCUT2D eigenvalue weighted by Crippen LogP contribution is -2.27. The zero-order chi connectivity index (χ0) is 24.4. The van der Waals surface area contributed by atoms with Gasteiger partial charge in [-0.3, -0.25) is 14.5 Å². The number of hydrogen-bond acceptors (Lipinski definition) is 5. The second-order valence-electron chi connectivity index (χ2n) is 7.91. The minimum atomic E-state index is -0.496. The standard InChI is InChI=1S/C28H18ClNO4S/c29-23-11-9-21(10-12-23)27(32)34-24-13-6-18(7-14-24)16-25-26(31)30(28(33)35-25)17-19-5-8-20-3-1-2-4-22(20)15-19/h1-16H,17H2/b25-16-. The van der Waals surface area contributed by atoms with Crippen molar-refractivity contribution in [1.82, 2.24) is 4.90 Å². The monoisotopic (exact) mass is 499 g/mol. The van der Waals surface area contributed by atoms with Crippen molar-refractivity contribution in [2.24, 2.45) is 0 Å². The van der Waals surface area contributed by atoms with Gasteiger partial charge < -0.3 is 4.74 Å². The van der Waals surface area contributed by atoms with Crippen LogP contribution in [0, 0.1) is 0 Å². The summed E-state index contributed by atoms with van der Waals surface area (Å²) in [5.74, 6) is -0.456. The molecule has 1 fully saturated rings. The first kappa shape index (κ1) is 22.9. The molecule has 1 heterocycles. The Morgan fingerprint density at radius 1 is 0.886 bits per heavy atom. The van der Waals surface area contributed by atoms with Gasteiger partial charge in [-0.1, -0.05) is 60.1 Å². The highest BCUT2D eigenvalue weighted by Crippen LogP contribution is 2.34. The van der Waals surface area contributed by atoms with Gasteiger partial charge in [-0.25, -0.2) is 4.79 Å². The van der Waals surface area contributed by atoms with Gasteiger partial charge in [0.05, 0.1) is 17.0 Å². The minimum Gasteiger partial charge on any atom is -0.423 e. The molecule has 35 heavy (non-hydrogen) atoms. The lowest BCUT2D eigenvalue weighted by atomic mass is 10.1. The van der Waals surface area contributed by atoms with Gasteiger partial charge in [-0.15, -0.1) is 0 Å². The van der Waals surface area contributed by atoms with Crippen molar-refractivity contribution in [3.05, 3.63) is 118 Å². The van der Waals surface area contributed by atoms with Gasteiger partial charge in [-0.05, 0) is 82.2 Å². The molecule has 0 bridgehead atoms. The van der Waals surface area contributed by atoms with E-state index in [1.54, 1.807) is 54.6 Å². The van der Waals surface area contributed by atoms with E-state index < -0.39 is 5.97 Å². The van der Waals surface area contributed by atoms with E-state index in [4.69, 9.17) is 16.3 Å². The van der Waals surface area contributed by atoms with Gasteiger partial charge >= 0.3 is 5.97 Å². The van der Waals surface area contributed by atoms with Crippen molar-refractivity contribution in [3.8, 4) is 5.75 Å². The van der Waals surface area contributed by atoms with E-state index in [0.717, 1.165) is 28.1 Å². The lowest BCUT2D eigenvalue weighted by Gasteiger charge is -2.13. The van der Waals surface area contributed by atoms with Crippen LogP contribution in [0.2, 0.25) is 5.02 Å². The molecule has 0 unspecified atom stereocenters. The maximum Gasteiger partial charge on any atom is 0.343 e. The Bertz CT molecular complexity index is 1480. The number of nitrogens with zero attached hydrogens (tertiary/aromatic N) is 1. The quantitative estimate of drug-likeness (QED) is 0.169. The first-order valence-electron chi connectivity index (χ1n) is 10.8. The third-order valence-corrected chi connectivity index (χ3v) is 6.66. The summed E-state index contributed by atoms with van der Waals surface area (Å²) in [5, 5.41) is 2.40. The molecular formula is C28H18ClNO4S. The molecule has 0 saturated carbocycles. The number of imide groups is 1. The summed E-state index contributed by atoms with van der Waals surface area (Å²) in [6, 6.07) is 27.0. The SMILES string of the molecule is O=C(Oc1ccc(/C=C2\SC(=O)N(Cc3ccc4ccccc4c3)C2=O)cc1)c1ccc(Cl)cc1. The smallest absolute Gasteiger partial charge is 0.343 e. The van der Waals surface area contributed by atoms with Crippen LogP contribution in [0.25, 0.3) is 16.8 Å². The van der Waals surface area contributed by atoms with Gasteiger partial charge in [0.2, 0.25) is 0 Å². The summed E-state index contributed by atoms with van der Waals surface area (Å²) in [5.41, 5.74) is 1.99. The van der Waals surface area contributed by atoms with E-state index in [9.17, 15) is 14.4 Å². The first-order valence-corrected chi connectivity index (χ1v) is 12.0. The average molecular weight is 500 g/mol. The third kappa shape index (κ3) is 5.14. The Morgan fingerprint density at radius 3 is 2.34 bits per heavy atom. The predicted molar refractivity (Wildman–Crippen MR) is 138 cm³/mol. The maximum absolute atomic E-state index is 12.9. The maximum atomic E-state index is 12.9. The summed E-state index contributed by atoms with van der Waals surface area (Å²) in [6.45, 7) is 0.215. The molecule has 0 N–H and O–H groups in total. The molecule has 2 amide bonds. The number of amides is 2. The number of ether oxygens (including phenoxy) is 1. The number of carbonyl (C=O) groups excluding carboxylic acids is 3. The molecule has 5 nitrogen and oxygen atoms in total. The number of rotatable bonds is 5. The molecule has 0 radical (unpaired) electrons. The summed E-state index contributed by atoms with van der Waals surface area (Å²) < 4.78 is 5.38. The molecule has 1 aliphatic rings. The first-order chi connectivity index (χ1) is 17.0. The van der Waals surface area contributed by atoms with Crippen molar-refractivity contribution in [2.45, 2.75) is 6.54 Å². The Kier molecular flexibility index (Phi) is 6.40. The number of carbonyl (C=O) groups is 3. The van der Waals surface area contributed by atoms with E-state index in [-0.39, 0.29) is 17.7 Å². The van der Waals surface area contributed by atoms with Gasteiger partial charge in [0.25, 0.3) is 11.1 Å². The fraction of sp³-hybridized carbons (Fsp3) is 0.0357. The number of fused-ring (bicyclic) bond motifs is 1. The highest BCUT2D eigenvalue weighted by atomic mass is 35.5. The van der Waals surface area contributed by atoms with Crippen LogP contribution in [-0.4, -0.2) is 22.0 Å². The molecule has 4 aromatic rings. The highest BCUT2D eigenvalue weighted by Gasteiger charge is 2.35. The molecule has 5 rings (SSSR count). The molecule has 4 aromatic carbocycles. The topological polar surface area (TPSA) is 63.7 Å². The van der Waals surface area contributed by atoms with Crippen LogP contribution >= 0.6 is 23.4 Å². The van der Waals surface area contributed by atoms with Crippen molar-refractivity contribution in [3.63, 3.8) is 0 Å². The van der Waals surface area contributed by atoms with Crippen LogP contribution in [0.1, 0.15) is 21.5 Å². The van der Waals surface area contributed by atoms with E-state index in [1.165, 1.54) is 4.90 Å². The summed E-state index contributed by atoms with van der Waals surface area (Å²) >= 11 is 6.76. The van der Waals surface area contributed by atoms with Crippen molar-refractivity contribution < 1.29 is 19.1 Å². The van der Waals surface area contributed by atoms with Crippen LogP contribution in [0.15, 0.2) is 95.9 Å². The molecule has 0 atom stereocenters. The van der Waals surface area contributed by atoms with Crippen molar-refractivity contribution >= 4 is 57.3 Å². The zero-order valence-electron chi connectivity index (χ0n) is 18.3. The molecule has 0 aromatic heterocycles. The van der Waals surface area contributed by atoms with E-state index in [0.29, 0.717) is 26.8 Å². The van der Waals surface area contributed by atoms with Crippen LogP contribution < -0.4 is 4.74 Å². The van der Waals surface area contributed by atoms with Gasteiger partial charge in [0, 0.05) is 5.02 Å². The summed E-state index contributed by atoms with van der Waals surface area (Å²) in [6.07, 6.45) is 1.66. The molecular weight excluding hydrogens is 482 g/mol. The molecule has 1 aliphatic heterocycles. The molecule has 172 valence electrons. The van der Waals surface area contributed by atoms with Crippen LogP contribution in [0.4, 0.5) is 4.79 Å². The number of thioether (sulfide) groups is 1. The van der Waals surface area contributed by atoms with E-state index in [1.807, 2.05) is 42.5 Å². The van der Waals surface area contributed by atoms with Gasteiger partial charge in [0.15, 0.2) is 0 Å². The summed E-state index contributed by atoms with van der Waals surface area (Å²) in [7, 11) is 0. The van der Waals surface area contributed by atoms with Gasteiger partial charge in [0.1, 0.15) is 5.75 Å².